The number of thiazole rings is 1. The van der Waals surface area contributed by atoms with Crippen molar-refractivity contribution in [3.8, 4) is 0 Å². The van der Waals surface area contributed by atoms with E-state index in [0.717, 1.165) is 56.5 Å². The fraction of sp³-hybridized carbons (Fsp3) is 0.737. The van der Waals surface area contributed by atoms with Gasteiger partial charge in [0.2, 0.25) is 5.91 Å². The second kappa shape index (κ2) is 9.61. The van der Waals surface area contributed by atoms with E-state index in [1.165, 1.54) is 12.8 Å². The smallest absolute Gasteiger partial charge is 0.475 e. The molecule has 7 nitrogen and oxygen atoms in total. The van der Waals surface area contributed by atoms with E-state index in [1.807, 2.05) is 4.90 Å². The SMILES string of the molecule is Cc1nc(CN2CCO[C@@H]3CN(C(=O)CC4CC4)C[C@@H]3C2)cs1.O=C(O)C(F)(F)F. The van der Waals surface area contributed by atoms with Gasteiger partial charge in [0.25, 0.3) is 0 Å². The highest BCUT2D eigenvalue weighted by Gasteiger charge is 2.40. The van der Waals surface area contributed by atoms with Gasteiger partial charge < -0.3 is 14.7 Å². The maximum absolute atomic E-state index is 12.3. The number of aliphatic carboxylic acids is 1. The minimum atomic E-state index is -5.08. The van der Waals surface area contributed by atoms with Crippen LogP contribution in [-0.2, 0) is 20.9 Å². The van der Waals surface area contributed by atoms with Crippen LogP contribution in [-0.4, -0.2) is 76.8 Å². The zero-order valence-corrected chi connectivity index (χ0v) is 17.5. The van der Waals surface area contributed by atoms with E-state index in [4.69, 9.17) is 14.6 Å². The predicted octanol–water partition coefficient (Wildman–Crippen LogP) is 2.54. The Kier molecular flexibility index (Phi) is 7.35. The maximum atomic E-state index is 12.3. The van der Waals surface area contributed by atoms with Gasteiger partial charge >= 0.3 is 12.1 Å². The third kappa shape index (κ3) is 6.64. The number of carboxylic acids is 1. The predicted molar refractivity (Wildman–Crippen MR) is 103 cm³/mol. The van der Waals surface area contributed by atoms with Crippen molar-refractivity contribution in [1.82, 2.24) is 14.8 Å². The fourth-order valence-corrected chi connectivity index (χ4v) is 4.32. The number of aryl methyl sites for hydroxylation is 1. The molecule has 1 amide bonds. The third-order valence-electron chi connectivity index (χ3n) is 5.42. The molecule has 0 unspecified atom stereocenters. The standard InChI is InChI=1S/C17H25N3O2S.C2HF3O2/c1-12-18-15(11-23-12)9-19-4-5-22-16-10-20(8-14(16)7-19)17(21)6-13-2-3-13;3-2(4,5)1(6)7/h11,13-14,16H,2-10H2,1H3;(H,6,7)/t14-,16+;/m0./s1. The van der Waals surface area contributed by atoms with Gasteiger partial charge in [0.05, 0.1) is 23.4 Å². The summed E-state index contributed by atoms with van der Waals surface area (Å²) in [6.07, 6.45) is -1.63. The number of rotatable bonds is 4. The van der Waals surface area contributed by atoms with E-state index < -0.39 is 12.1 Å². The number of hydrogen-bond acceptors (Lipinski definition) is 6. The molecule has 2 saturated heterocycles. The molecule has 30 heavy (non-hydrogen) atoms. The van der Waals surface area contributed by atoms with Gasteiger partial charge in [0, 0.05) is 50.4 Å². The van der Waals surface area contributed by atoms with Crippen molar-refractivity contribution < 1.29 is 32.6 Å². The van der Waals surface area contributed by atoms with Gasteiger partial charge in [-0.2, -0.15) is 13.2 Å². The van der Waals surface area contributed by atoms with Crippen LogP contribution >= 0.6 is 11.3 Å². The summed E-state index contributed by atoms with van der Waals surface area (Å²) < 4.78 is 37.8. The molecule has 3 fully saturated rings. The molecule has 1 N–H and O–H groups in total. The Morgan fingerprint density at radius 2 is 2.00 bits per heavy atom. The molecule has 1 saturated carbocycles. The van der Waals surface area contributed by atoms with Gasteiger partial charge in [-0.1, -0.05) is 0 Å². The van der Waals surface area contributed by atoms with E-state index in [1.54, 1.807) is 11.3 Å². The molecule has 3 heterocycles. The molecular formula is C19H26F3N3O4S. The molecule has 1 aromatic rings. The van der Waals surface area contributed by atoms with Crippen molar-refractivity contribution >= 4 is 23.2 Å². The number of carboxylic acid groups (broad SMARTS) is 1. The quantitative estimate of drug-likeness (QED) is 0.761. The van der Waals surface area contributed by atoms with Crippen LogP contribution in [0.1, 0.15) is 30.0 Å². The van der Waals surface area contributed by atoms with Crippen LogP contribution in [0.4, 0.5) is 13.2 Å². The van der Waals surface area contributed by atoms with E-state index in [9.17, 15) is 18.0 Å². The summed E-state index contributed by atoms with van der Waals surface area (Å²) in [7, 11) is 0. The number of aromatic nitrogens is 1. The summed E-state index contributed by atoms with van der Waals surface area (Å²) in [5.74, 6) is -1.31. The van der Waals surface area contributed by atoms with Gasteiger partial charge in [0.15, 0.2) is 0 Å². The number of halogens is 3. The first-order valence-corrected chi connectivity index (χ1v) is 10.8. The average molecular weight is 449 g/mol. The van der Waals surface area contributed by atoms with E-state index in [-0.39, 0.29) is 6.10 Å². The normalized spacial score (nSPS) is 24.6. The molecule has 3 aliphatic rings. The number of fused-ring (bicyclic) bond motifs is 1. The fourth-order valence-electron chi connectivity index (χ4n) is 3.72. The summed E-state index contributed by atoms with van der Waals surface area (Å²) in [4.78, 5) is 30.3. The highest BCUT2D eigenvalue weighted by atomic mass is 32.1. The van der Waals surface area contributed by atoms with Gasteiger partial charge in [-0.05, 0) is 25.7 Å². The Bertz CT molecular complexity index is 754. The van der Waals surface area contributed by atoms with Crippen LogP contribution in [0.5, 0.6) is 0 Å². The Labute approximate surface area is 176 Å². The lowest BCUT2D eigenvalue weighted by Gasteiger charge is -2.22. The number of hydrogen-bond donors (Lipinski definition) is 1. The summed E-state index contributed by atoms with van der Waals surface area (Å²) in [5.41, 5.74) is 1.16. The zero-order chi connectivity index (χ0) is 21.9. The molecule has 0 spiro atoms. The molecule has 4 rings (SSSR count). The van der Waals surface area contributed by atoms with Crippen molar-refractivity contribution in [2.45, 2.75) is 45.0 Å². The highest BCUT2D eigenvalue weighted by Crippen LogP contribution is 2.34. The molecule has 11 heteroatoms. The Balaban J connectivity index is 0.000000318. The first kappa shape index (κ1) is 23.0. The van der Waals surface area contributed by atoms with Gasteiger partial charge in [0.1, 0.15) is 0 Å². The van der Waals surface area contributed by atoms with Crippen LogP contribution in [0, 0.1) is 18.8 Å². The topological polar surface area (TPSA) is 83.0 Å². The number of carbonyl (C=O) groups excluding carboxylic acids is 1. The molecule has 0 bridgehead atoms. The number of nitrogens with zero attached hydrogens (tertiary/aromatic N) is 3. The lowest BCUT2D eigenvalue weighted by atomic mass is 10.1. The molecule has 2 aliphatic heterocycles. The zero-order valence-electron chi connectivity index (χ0n) is 16.7. The maximum Gasteiger partial charge on any atom is 0.490 e. The van der Waals surface area contributed by atoms with Crippen molar-refractivity contribution in [1.29, 1.82) is 0 Å². The highest BCUT2D eigenvalue weighted by molar-refractivity contribution is 7.09. The Morgan fingerprint density at radius 1 is 1.30 bits per heavy atom. The molecule has 0 radical (unpaired) electrons. The molecule has 0 aromatic carbocycles. The van der Waals surface area contributed by atoms with Gasteiger partial charge in [-0.25, -0.2) is 9.78 Å². The number of alkyl halides is 3. The minimum Gasteiger partial charge on any atom is -0.475 e. The summed E-state index contributed by atoms with van der Waals surface area (Å²) in [5, 5.41) is 10.4. The molecule has 1 aromatic heterocycles. The van der Waals surface area contributed by atoms with Crippen LogP contribution in [0.2, 0.25) is 0 Å². The van der Waals surface area contributed by atoms with Crippen LogP contribution in [0.25, 0.3) is 0 Å². The molecular weight excluding hydrogens is 423 g/mol. The molecule has 2 atom stereocenters. The second-order valence-electron chi connectivity index (χ2n) is 8.01. The Morgan fingerprint density at radius 3 is 2.57 bits per heavy atom. The average Bonchev–Trinajstić information content (AvgIpc) is 3.29. The lowest BCUT2D eigenvalue weighted by Crippen LogP contribution is -2.33. The summed E-state index contributed by atoms with van der Waals surface area (Å²) in [6, 6.07) is 0. The van der Waals surface area contributed by atoms with Gasteiger partial charge in [-0.15, -0.1) is 11.3 Å². The molecule has 168 valence electrons. The van der Waals surface area contributed by atoms with E-state index >= 15 is 0 Å². The van der Waals surface area contributed by atoms with Crippen LogP contribution in [0.15, 0.2) is 5.38 Å². The van der Waals surface area contributed by atoms with Crippen molar-refractivity contribution in [2.75, 3.05) is 32.8 Å². The van der Waals surface area contributed by atoms with Gasteiger partial charge in [-0.3, -0.25) is 9.69 Å². The van der Waals surface area contributed by atoms with E-state index in [2.05, 4.69) is 22.2 Å². The number of amides is 1. The Hall–Kier alpha value is -1.72. The van der Waals surface area contributed by atoms with Crippen molar-refractivity contribution in [3.63, 3.8) is 0 Å². The summed E-state index contributed by atoms with van der Waals surface area (Å²) in [6.45, 7) is 7.33. The first-order valence-electron chi connectivity index (χ1n) is 9.94. The van der Waals surface area contributed by atoms with Crippen molar-refractivity contribution in [2.24, 2.45) is 11.8 Å². The van der Waals surface area contributed by atoms with Crippen molar-refractivity contribution in [3.05, 3.63) is 16.1 Å². The largest absolute Gasteiger partial charge is 0.490 e. The summed E-state index contributed by atoms with van der Waals surface area (Å²) >= 11 is 1.71. The lowest BCUT2D eigenvalue weighted by molar-refractivity contribution is -0.192. The van der Waals surface area contributed by atoms with E-state index in [0.29, 0.717) is 17.7 Å². The van der Waals surface area contributed by atoms with Crippen LogP contribution in [0.3, 0.4) is 0 Å². The number of ether oxygens (including phenoxy) is 1. The number of carbonyl (C=O) groups is 2. The molecule has 1 aliphatic carbocycles. The second-order valence-corrected chi connectivity index (χ2v) is 9.07. The first-order chi connectivity index (χ1) is 14.1. The third-order valence-corrected chi connectivity index (χ3v) is 6.24. The number of likely N-dealkylation sites (tertiary alicyclic amines) is 1. The monoisotopic (exact) mass is 449 g/mol. The minimum absolute atomic E-state index is 0.223. The van der Waals surface area contributed by atoms with Crippen LogP contribution < -0.4 is 0 Å².